The van der Waals surface area contributed by atoms with E-state index in [1.54, 1.807) is 0 Å². The van der Waals surface area contributed by atoms with E-state index in [4.69, 9.17) is 4.65 Å². The van der Waals surface area contributed by atoms with Gasteiger partial charge in [-0.15, -0.1) is 0 Å². The lowest BCUT2D eigenvalue weighted by molar-refractivity contribution is 0.237. The zero-order chi connectivity index (χ0) is 10.7. The van der Waals surface area contributed by atoms with Gasteiger partial charge in [0.05, 0.1) is 0 Å². The van der Waals surface area contributed by atoms with Crippen LogP contribution < -0.4 is 4.65 Å². The van der Waals surface area contributed by atoms with E-state index in [2.05, 4.69) is 4.65 Å². The van der Waals surface area contributed by atoms with Crippen molar-refractivity contribution in [2.45, 2.75) is 20.8 Å². The molecule has 0 bridgehead atoms. The molecule has 0 radical (unpaired) electrons. The number of benzene rings is 1. The maximum absolute atomic E-state index is 9.19. The van der Waals surface area contributed by atoms with Crippen molar-refractivity contribution in [2.75, 3.05) is 7.11 Å². The predicted molar refractivity (Wildman–Crippen MR) is 56.3 cm³/mol. The molecule has 76 valence electrons. The van der Waals surface area contributed by atoms with Crippen molar-refractivity contribution in [1.82, 2.24) is 0 Å². The molecular weight excluding hydrogens is 179 g/mol. The summed E-state index contributed by atoms with van der Waals surface area (Å²) in [7, 11) is 0.193. The Kier molecular flexibility index (Phi) is 3.55. The molecule has 0 aliphatic heterocycles. The monoisotopic (exact) mass is 194 g/mol. The molecule has 1 aromatic carbocycles. The Morgan fingerprint density at radius 3 is 2.07 bits per heavy atom. The molecule has 4 heteroatoms. The van der Waals surface area contributed by atoms with Crippen LogP contribution in [-0.2, 0) is 4.65 Å². The summed E-state index contributed by atoms with van der Waals surface area (Å²) in [5, 5.41) is 9.19. The van der Waals surface area contributed by atoms with E-state index >= 15 is 0 Å². The molecule has 0 heterocycles. The molecule has 0 saturated carbocycles. The van der Waals surface area contributed by atoms with Gasteiger partial charge in [0.2, 0.25) is 0 Å². The average Bonchev–Trinajstić information content (AvgIpc) is 2.10. The molecule has 1 rings (SSSR count). The summed E-state index contributed by atoms with van der Waals surface area (Å²) in [6.45, 7) is 5.91. The van der Waals surface area contributed by atoms with Gasteiger partial charge in [-0.1, -0.05) is 17.7 Å². The van der Waals surface area contributed by atoms with Gasteiger partial charge >= 0.3 is 7.32 Å². The highest BCUT2D eigenvalue weighted by molar-refractivity contribution is 6.35. The standard InChI is InChI=1S/C10H15BO3/c1-7-5-8(2)10(9(3)6-7)14-11(12)13-4/h5-6,12H,1-4H3. The lowest BCUT2D eigenvalue weighted by atomic mass is 10.1. The van der Waals surface area contributed by atoms with Gasteiger partial charge < -0.3 is 14.3 Å². The van der Waals surface area contributed by atoms with Gasteiger partial charge in [0, 0.05) is 7.11 Å². The van der Waals surface area contributed by atoms with Crippen LogP contribution in [0.1, 0.15) is 16.7 Å². The van der Waals surface area contributed by atoms with Crippen LogP contribution in [-0.4, -0.2) is 19.5 Å². The third-order valence-corrected chi connectivity index (χ3v) is 2.02. The molecule has 14 heavy (non-hydrogen) atoms. The van der Waals surface area contributed by atoms with Gasteiger partial charge in [0.15, 0.2) is 0 Å². The molecule has 0 spiro atoms. The highest BCUT2D eigenvalue weighted by Gasteiger charge is 2.18. The van der Waals surface area contributed by atoms with Crippen LogP contribution >= 0.6 is 0 Å². The van der Waals surface area contributed by atoms with Crippen LogP contribution in [0.5, 0.6) is 5.75 Å². The maximum Gasteiger partial charge on any atom is 0.710 e. The van der Waals surface area contributed by atoms with E-state index in [-0.39, 0.29) is 0 Å². The molecule has 0 aliphatic rings. The minimum Gasteiger partial charge on any atom is -0.511 e. The zero-order valence-electron chi connectivity index (χ0n) is 9.00. The van der Waals surface area contributed by atoms with Crippen molar-refractivity contribution in [1.29, 1.82) is 0 Å². The zero-order valence-corrected chi connectivity index (χ0v) is 9.00. The van der Waals surface area contributed by atoms with Crippen molar-refractivity contribution in [3.8, 4) is 5.75 Å². The first kappa shape index (κ1) is 11.1. The van der Waals surface area contributed by atoms with Gasteiger partial charge in [0.1, 0.15) is 5.75 Å². The second-order valence-electron chi connectivity index (χ2n) is 3.39. The van der Waals surface area contributed by atoms with Crippen LogP contribution in [0.2, 0.25) is 0 Å². The summed E-state index contributed by atoms with van der Waals surface area (Å²) in [5.74, 6) is 0.685. The van der Waals surface area contributed by atoms with E-state index in [1.165, 1.54) is 12.7 Å². The van der Waals surface area contributed by atoms with E-state index < -0.39 is 7.32 Å². The van der Waals surface area contributed by atoms with Gasteiger partial charge in [-0.3, -0.25) is 0 Å². The minimum atomic E-state index is -1.20. The Hall–Kier alpha value is -0.995. The summed E-state index contributed by atoms with van der Waals surface area (Å²) in [6.07, 6.45) is 0. The smallest absolute Gasteiger partial charge is 0.511 e. The molecule has 0 aliphatic carbocycles. The molecule has 0 saturated heterocycles. The Labute approximate surface area is 84.8 Å². The number of hydrogen-bond donors (Lipinski definition) is 1. The molecule has 1 N–H and O–H groups in total. The minimum absolute atomic E-state index is 0.685. The third kappa shape index (κ3) is 2.50. The van der Waals surface area contributed by atoms with Crippen molar-refractivity contribution in [3.63, 3.8) is 0 Å². The van der Waals surface area contributed by atoms with E-state index in [0.29, 0.717) is 5.75 Å². The quantitative estimate of drug-likeness (QED) is 0.743. The first-order chi connectivity index (χ1) is 6.54. The van der Waals surface area contributed by atoms with Gasteiger partial charge in [-0.05, 0) is 31.9 Å². The van der Waals surface area contributed by atoms with Crippen LogP contribution in [0.3, 0.4) is 0 Å². The molecular formula is C10H15BO3. The topological polar surface area (TPSA) is 38.7 Å². The van der Waals surface area contributed by atoms with Crippen LogP contribution in [0.4, 0.5) is 0 Å². The summed E-state index contributed by atoms with van der Waals surface area (Å²) in [6, 6.07) is 4.01. The van der Waals surface area contributed by atoms with Gasteiger partial charge in [0.25, 0.3) is 0 Å². The number of rotatable bonds is 3. The Morgan fingerprint density at radius 1 is 1.14 bits per heavy atom. The first-order valence-electron chi connectivity index (χ1n) is 4.50. The lowest BCUT2D eigenvalue weighted by Gasteiger charge is -2.13. The average molecular weight is 194 g/mol. The maximum atomic E-state index is 9.19. The van der Waals surface area contributed by atoms with Gasteiger partial charge in [-0.25, -0.2) is 0 Å². The largest absolute Gasteiger partial charge is 0.710 e. The molecule has 0 aromatic heterocycles. The number of aryl methyl sites for hydroxylation is 3. The van der Waals surface area contributed by atoms with E-state index in [9.17, 15) is 5.02 Å². The molecule has 3 nitrogen and oxygen atoms in total. The van der Waals surface area contributed by atoms with Crippen molar-refractivity contribution >= 4 is 7.32 Å². The van der Waals surface area contributed by atoms with Crippen molar-refractivity contribution in [2.24, 2.45) is 0 Å². The SMILES string of the molecule is COB(O)Oc1c(C)cc(C)cc1C. The number of hydrogen-bond acceptors (Lipinski definition) is 3. The first-order valence-corrected chi connectivity index (χ1v) is 4.50. The van der Waals surface area contributed by atoms with Crippen molar-refractivity contribution in [3.05, 3.63) is 28.8 Å². The Morgan fingerprint density at radius 2 is 1.64 bits per heavy atom. The van der Waals surface area contributed by atoms with Crippen LogP contribution in [0, 0.1) is 20.8 Å². The molecule has 0 unspecified atom stereocenters. The molecule has 0 atom stereocenters. The predicted octanol–water partition coefficient (Wildman–Crippen LogP) is 1.61. The summed E-state index contributed by atoms with van der Waals surface area (Å²) in [5.41, 5.74) is 3.18. The summed E-state index contributed by atoms with van der Waals surface area (Å²) < 4.78 is 9.84. The third-order valence-electron chi connectivity index (χ3n) is 2.02. The second-order valence-corrected chi connectivity index (χ2v) is 3.39. The fraction of sp³-hybridized carbons (Fsp3) is 0.400. The van der Waals surface area contributed by atoms with Crippen molar-refractivity contribution < 1.29 is 14.3 Å². The molecule has 0 fully saturated rings. The van der Waals surface area contributed by atoms with E-state index in [1.807, 2.05) is 32.9 Å². The Bertz CT molecular complexity index is 302. The highest BCUT2D eigenvalue weighted by atomic mass is 16.7. The summed E-state index contributed by atoms with van der Waals surface area (Å²) in [4.78, 5) is 0. The fourth-order valence-corrected chi connectivity index (χ4v) is 1.50. The van der Waals surface area contributed by atoms with Crippen LogP contribution in [0.15, 0.2) is 12.1 Å². The fourth-order valence-electron chi connectivity index (χ4n) is 1.50. The van der Waals surface area contributed by atoms with E-state index in [0.717, 1.165) is 11.1 Å². The summed E-state index contributed by atoms with van der Waals surface area (Å²) >= 11 is 0. The normalized spacial score (nSPS) is 10.1. The molecule has 1 aromatic rings. The Balaban J connectivity index is 2.96. The highest BCUT2D eigenvalue weighted by Crippen LogP contribution is 2.24. The second kappa shape index (κ2) is 4.48. The molecule has 0 amide bonds. The van der Waals surface area contributed by atoms with Gasteiger partial charge in [-0.2, -0.15) is 0 Å². The lowest BCUT2D eigenvalue weighted by Crippen LogP contribution is -2.25. The van der Waals surface area contributed by atoms with Crippen LogP contribution in [0.25, 0.3) is 0 Å².